The van der Waals surface area contributed by atoms with Crippen molar-refractivity contribution in [3.63, 3.8) is 0 Å². The van der Waals surface area contributed by atoms with Gasteiger partial charge in [-0.2, -0.15) is 0 Å². The van der Waals surface area contributed by atoms with Crippen molar-refractivity contribution < 1.29 is 4.79 Å². The van der Waals surface area contributed by atoms with Crippen LogP contribution in [0, 0.1) is 0 Å². The van der Waals surface area contributed by atoms with Gasteiger partial charge in [-0.25, -0.2) is 4.79 Å². The molecule has 0 bridgehead atoms. The van der Waals surface area contributed by atoms with Gasteiger partial charge in [0.05, 0.1) is 4.21 Å². The van der Waals surface area contributed by atoms with E-state index >= 15 is 0 Å². The van der Waals surface area contributed by atoms with Gasteiger partial charge in [0.2, 0.25) is 0 Å². The third-order valence-electron chi connectivity index (χ3n) is 3.11. The van der Waals surface area contributed by atoms with Gasteiger partial charge in [0.1, 0.15) is 0 Å². The molecular weight excluding hydrogens is 278 g/mol. The maximum absolute atomic E-state index is 11.4. The van der Waals surface area contributed by atoms with Crippen molar-refractivity contribution in [1.82, 2.24) is 15.5 Å². The summed E-state index contributed by atoms with van der Waals surface area (Å²) in [6.45, 7) is 3.74. The molecule has 6 heteroatoms. The van der Waals surface area contributed by atoms with Gasteiger partial charge < -0.3 is 15.5 Å². The van der Waals surface area contributed by atoms with E-state index in [1.54, 1.807) is 19.0 Å². The summed E-state index contributed by atoms with van der Waals surface area (Å²) < 4.78 is 1.44. The number of amides is 2. The molecule has 2 amide bonds. The van der Waals surface area contributed by atoms with Gasteiger partial charge in [0.15, 0.2) is 0 Å². The van der Waals surface area contributed by atoms with Crippen LogP contribution in [0.4, 0.5) is 4.79 Å². The van der Waals surface area contributed by atoms with E-state index in [0.29, 0.717) is 17.8 Å². The molecule has 4 nitrogen and oxygen atoms in total. The number of fused-ring (bicyclic) bond motifs is 1. The minimum absolute atomic E-state index is 0.0365. The first kappa shape index (κ1) is 14.7. The number of carbonyl (C=O) groups is 1. The molecule has 2 N–H and O–H groups in total. The molecule has 0 aliphatic carbocycles. The summed E-state index contributed by atoms with van der Waals surface area (Å²) in [5.74, 6) is 0. The molecular formula is C13H21N3OS2. The van der Waals surface area contributed by atoms with Crippen molar-refractivity contribution in [2.75, 3.05) is 27.2 Å². The fourth-order valence-electron chi connectivity index (χ4n) is 2.12. The SMILES string of the molecule is C[C@H]1CC(NCCNC(=O)N(C)C)c2ccsc2S1. The number of thioether (sulfide) groups is 1. The lowest BCUT2D eigenvalue weighted by Crippen LogP contribution is -2.39. The predicted molar refractivity (Wildman–Crippen MR) is 82.1 cm³/mol. The zero-order chi connectivity index (χ0) is 13.8. The average molecular weight is 299 g/mol. The number of hydrogen-bond donors (Lipinski definition) is 2. The number of thiophene rings is 1. The number of hydrogen-bond acceptors (Lipinski definition) is 4. The third kappa shape index (κ3) is 3.87. The maximum Gasteiger partial charge on any atom is 0.316 e. The minimum atomic E-state index is -0.0365. The molecule has 0 fully saturated rings. The normalized spacial score (nSPS) is 21.8. The summed E-state index contributed by atoms with van der Waals surface area (Å²) in [5, 5.41) is 9.24. The lowest BCUT2D eigenvalue weighted by Gasteiger charge is -2.27. The largest absolute Gasteiger partial charge is 0.337 e. The Morgan fingerprint density at radius 3 is 3.00 bits per heavy atom. The molecule has 0 saturated carbocycles. The molecule has 2 heterocycles. The predicted octanol–water partition coefficient (Wildman–Crippen LogP) is 2.53. The molecule has 1 unspecified atom stereocenters. The topological polar surface area (TPSA) is 44.4 Å². The summed E-state index contributed by atoms with van der Waals surface area (Å²) in [6.07, 6.45) is 1.15. The van der Waals surface area contributed by atoms with Crippen LogP contribution in [0.1, 0.15) is 24.9 Å². The first-order valence-corrected chi connectivity index (χ1v) is 8.26. The highest BCUT2D eigenvalue weighted by molar-refractivity contribution is 8.01. The molecule has 19 heavy (non-hydrogen) atoms. The summed E-state index contributed by atoms with van der Waals surface area (Å²) in [6, 6.07) is 2.61. The highest BCUT2D eigenvalue weighted by Gasteiger charge is 2.25. The van der Waals surface area contributed by atoms with Gasteiger partial charge in [-0.1, -0.05) is 6.92 Å². The van der Waals surface area contributed by atoms with Crippen molar-refractivity contribution >= 4 is 29.1 Å². The Bertz CT molecular complexity index is 433. The second-order valence-corrected chi connectivity index (χ2v) is 7.58. The lowest BCUT2D eigenvalue weighted by molar-refractivity contribution is 0.217. The zero-order valence-electron chi connectivity index (χ0n) is 11.6. The number of rotatable bonds is 4. The van der Waals surface area contributed by atoms with Crippen LogP contribution in [-0.4, -0.2) is 43.4 Å². The zero-order valence-corrected chi connectivity index (χ0v) is 13.2. The number of carbonyl (C=O) groups excluding carboxylic acids is 1. The molecule has 0 spiro atoms. The Balaban J connectivity index is 1.79. The third-order valence-corrected chi connectivity index (χ3v) is 5.45. The van der Waals surface area contributed by atoms with Crippen molar-refractivity contribution in [2.24, 2.45) is 0 Å². The van der Waals surface area contributed by atoms with Gasteiger partial charge >= 0.3 is 6.03 Å². The first-order chi connectivity index (χ1) is 9.08. The van der Waals surface area contributed by atoms with Crippen LogP contribution in [0.5, 0.6) is 0 Å². The molecule has 2 atom stereocenters. The van der Waals surface area contributed by atoms with E-state index in [2.05, 4.69) is 29.0 Å². The molecule has 1 aromatic heterocycles. The molecule has 1 aliphatic rings. The van der Waals surface area contributed by atoms with Crippen LogP contribution >= 0.6 is 23.1 Å². The van der Waals surface area contributed by atoms with Gasteiger partial charge in [0, 0.05) is 38.5 Å². The van der Waals surface area contributed by atoms with Crippen molar-refractivity contribution in [1.29, 1.82) is 0 Å². The van der Waals surface area contributed by atoms with Crippen LogP contribution in [0.2, 0.25) is 0 Å². The first-order valence-electron chi connectivity index (χ1n) is 6.50. The summed E-state index contributed by atoms with van der Waals surface area (Å²) in [7, 11) is 3.50. The highest BCUT2D eigenvalue weighted by atomic mass is 32.2. The molecule has 0 saturated heterocycles. The van der Waals surface area contributed by atoms with E-state index in [1.165, 1.54) is 9.77 Å². The van der Waals surface area contributed by atoms with Gasteiger partial charge in [-0.05, 0) is 23.4 Å². The van der Waals surface area contributed by atoms with E-state index < -0.39 is 0 Å². The van der Waals surface area contributed by atoms with Gasteiger partial charge in [-0.15, -0.1) is 23.1 Å². The second kappa shape index (κ2) is 6.63. The van der Waals surface area contributed by atoms with Gasteiger partial charge in [0.25, 0.3) is 0 Å². The Hall–Kier alpha value is -0.720. The van der Waals surface area contributed by atoms with Crippen LogP contribution < -0.4 is 10.6 Å². The standard InChI is InChI=1S/C13H21N3OS2/c1-9-8-11(10-4-7-18-12(10)19-9)14-5-6-15-13(17)16(2)3/h4,7,9,11,14H,5-6,8H2,1-3H3,(H,15,17)/t9-,11?/m0/s1. The lowest BCUT2D eigenvalue weighted by atomic mass is 10.1. The van der Waals surface area contributed by atoms with Crippen LogP contribution in [0.15, 0.2) is 15.7 Å². The Kier molecular flexibility index (Phi) is 5.13. The molecule has 0 aromatic carbocycles. The summed E-state index contributed by atoms with van der Waals surface area (Å²) in [4.78, 5) is 12.9. The van der Waals surface area contributed by atoms with Crippen LogP contribution in [0.3, 0.4) is 0 Å². The van der Waals surface area contributed by atoms with Gasteiger partial charge in [-0.3, -0.25) is 0 Å². The average Bonchev–Trinajstić information content (AvgIpc) is 2.81. The number of nitrogens with one attached hydrogen (secondary N) is 2. The van der Waals surface area contributed by atoms with Crippen molar-refractivity contribution in [3.8, 4) is 0 Å². The van der Waals surface area contributed by atoms with E-state index in [-0.39, 0.29) is 6.03 Å². The fraction of sp³-hybridized carbons (Fsp3) is 0.615. The fourth-order valence-corrected chi connectivity index (χ4v) is 4.68. The highest BCUT2D eigenvalue weighted by Crippen LogP contribution is 2.43. The Morgan fingerprint density at radius 2 is 2.26 bits per heavy atom. The number of nitrogens with zero attached hydrogens (tertiary/aromatic N) is 1. The maximum atomic E-state index is 11.4. The Morgan fingerprint density at radius 1 is 1.47 bits per heavy atom. The van der Waals surface area contributed by atoms with E-state index in [4.69, 9.17) is 0 Å². The van der Waals surface area contributed by atoms with E-state index in [9.17, 15) is 4.79 Å². The minimum Gasteiger partial charge on any atom is -0.337 e. The van der Waals surface area contributed by atoms with E-state index in [1.807, 2.05) is 23.1 Å². The molecule has 106 valence electrons. The molecule has 0 radical (unpaired) electrons. The molecule has 2 rings (SSSR count). The molecule has 1 aliphatic heterocycles. The quantitative estimate of drug-likeness (QED) is 0.840. The van der Waals surface area contributed by atoms with Crippen molar-refractivity contribution in [3.05, 3.63) is 17.0 Å². The van der Waals surface area contributed by atoms with Crippen LogP contribution in [0.25, 0.3) is 0 Å². The number of urea groups is 1. The van der Waals surface area contributed by atoms with Crippen molar-refractivity contribution in [2.45, 2.75) is 28.8 Å². The molecule has 1 aromatic rings. The summed E-state index contributed by atoms with van der Waals surface area (Å²) in [5.41, 5.74) is 1.42. The Labute approximate surface area is 122 Å². The summed E-state index contributed by atoms with van der Waals surface area (Å²) >= 11 is 3.80. The monoisotopic (exact) mass is 299 g/mol. The second-order valence-electron chi connectivity index (χ2n) is 4.96. The van der Waals surface area contributed by atoms with E-state index in [0.717, 1.165) is 13.0 Å². The smallest absolute Gasteiger partial charge is 0.316 e. The van der Waals surface area contributed by atoms with Crippen LogP contribution in [-0.2, 0) is 0 Å².